The van der Waals surface area contributed by atoms with Crippen molar-refractivity contribution in [1.82, 2.24) is 9.97 Å². The van der Waals surface area contributed by atoms with Crippen LogP contribution >= 0.6 is 9.24 Å². The molecule has 8 heteroatoms. The fraction of sp³-hybridized carbons (Fsp3) is 0.100. The maximum atomic E-state index is 6.58. The van der Waals surface area contributed by atoms with Crippen molar-refractivity contribution in [3.63, 3.8) is 0 Å². The van der Waals surface area contributed by atoms with Crippen molar-refractivity contribution in [3.8, 4) is 39.5 Å². The van der Waals surface area contributed by atoms with Gasteiger partial charge in [-0.15, -0.1) is 9.24 Å². The van der Waals surface area contributed by atoms with Crippen LogP contribution in [-0.2, 0) is 6.42 Å². The number of pyridine rings is 2. The van der Waals surface area contributed by atoms with E-state index in [-0.39, 0.29) is 5.66 Å². The average molecular weight is 904 g/mol. The van der Waals surface area contributed by atoms with Gasteiger partial charge in [-0.1, -0.05) is 134 Å². The number of benzene rings is 5. The third-order valence-electron chi connectivity index (χ3n) is 13.0. The van der Waals surface area contributed by atoms with Crippen molar-refractivity contribution >= 4 is 54.4 Å². The molecule has 0 saturated heterocycles. The van der Waals surface area contributed by atoms with Crippen molar-refractivity contribution < 1.29 is 19.1 Å². The number of nitrogens with zero attached hydrogens (tertiary/aromatic N) is 3. The number of ether oxygens (including phenoxy) is 1. The first-order valence-corrected chi connectivity index (χ1v) is 23.8. The van der Waals surface area contributed by atoms with Crippen molar-refractivity contribution in [3.05, 3.63) is 234 Å². The minimum absolute atomic E-state index is 0.196. The second kappa shape index (κ2) is 18.4. The van der Waals surface area contributed by atoms with E-state index in [2.05, 4.69) is 184 Å². The van der Waals surface area contributed by atoms with Crippen LogP contribution in [0.3, 0.4) is 0 Å². The van der Waals surface area contributed by atoms with E-state index in [4.69, 9.17) is 19.1 Å². The van der Waals surface area contributed by atoms with Gasteiger partial charge in [0.15, 0.2) is 12.4 Å². The molecule has 0 bridgehead atoms. The van der Waals surface area contributed by atoms with Crippen LogP contribution in [0.15, 0.2) is 199 Å². The minimum atomic E-state index is -0.196. The van der Waals surface area contributed by atoms with E-state index in [0.717, 1.165) is 130 Å². The number of hydrogen-bond donors (Lipinski definition) is 0. The van der Waals surface area contributed by atoms with Crippen LogP contribution in [0.25, 0.3) is 67.5 Å². The summed E-state index contributed by atoms with van der Waals surface area (Å²) < 4.78 is 13.1. The highest BCUT2D eigenvalue weighted by atomic mass is 31.0. The predicted molar refractivity (Wildman–Crippen MR) is 279 cm³/mol. The largest absolute Gasteiger partial charge is 0.488 e. The first kappa shape index (κ1) is 42.6. The molecule has 2 N–H and O–H groups in total. The Morgan fingerprint density at radius 2 is 1.28 bits per heavy atom. The summed E-state index contributed by atoms with van der Waals surface area (Å²) in [5.74, 6) is 1.67. The second-order valence-corrected chi connectivity index (χ2v) is 17.9. The van der Waals surface area contributed by atoms with Gasteiger partial charge in [-0.2, -0.15) is 0 Å². The number of rotatable bonds is 10. The quantitative estimate of drug-likeness (QED) is 0.128. The molecule has 0 radical (unpaired) electrons. The van der Waals surface area contributed by atoms with Gasteiger partial charge in [0.25, 0.3) is 0 Å². The van der Waals surface area contributed by atoms with Gasteiger partial charge in [0.2, 0.25) is 11.4 Å². The fourth-order valence-electron chi connectivity index (χ4n) is 9.66. The molecule has 1 aliphatic carbocycles. The molecule has 9 aromatic rings. The number of hydrogen-bond acceptors (Lipinski definition) is 5. The smallest absolute Gasteiger partial charge is 0.222 e. The summed E-state index contributed by atoms with van der Waals surface area (Å²) in [7, 11) is 3.20. The van der Waals surface area contributed by atoms with Gasteiger partial charge in [-0.25, -0.2) is 19.9 Å². The number of allylic oxidation sites excluding steroid dienone is 5. The van der Waals surface area contributed by atoms with E-state index >= 15 is 0 Å². The molecule has 5 aromatic carbocycles. The van der Waals surface area contributed by atoms with Crippen LogP contribution in [0, 0.1) is 13.8 Å². The van der Waals surface area contributed by atoms with Gasteiger partial charge in [0.05, 0.1) is 39.3 Å². The van der Waals surface area contributed by atoms with Crippen molar-refractivity contribution in [2.75, 3.05) is 11.5 Å². The summed E-state index contributed by atoms with van der Waals surface area (Å²) >= 11 is 0. The van der Waals surface area contributed by atoms with E-state index in [1.807, 2.05) is 48.8 Å². The highest BCUT2D eigenvalue weighted by Crippen LogP contribution is 2.47. The molecule has 0 fully saturated rings. The first-order valence-electron chi connectivity index (χ1n) is 23.1. The number of aromatic amines is 2. The molecule has 68 heavy (non-hydrogen) atoms. The molecule has 2 unspecified atom stereocenters. The SMILES string of the molecule is CCc1c(-c2[nH+]ccc3oc(-c4ccccc4)cc23)cc(-c2ccccc2)cc1N(C1=CC(c2ccccc2)=CC(c2[nH+]ccc3c2C=C(c2ccccc2)CO3)=CC1P)c1c(C)ncnc1C. The topological polar surface area (TPSA) is 79.7 Å². The summed E-state index contributed by atoms with van der Waals surface area (Å²) in [4.78, 5) is 19.6. The number of furan rings is 1. The van der Waals surface area contributed by atoms with E-state index in [1.54, 1.807) is 6.33 Å². The number of H-pyrrole nitrogens is 2. The Hall–Kier alpha value is -7.99. The van der Waals surface area contributed by atoms with Crippen molar-refractivity contribution in [2.24, 2.45) is 0 Å². The lowest BCUT2D eigenvalue weighted by Crippen LogP contribution is -2.26. The molecule has 5 heterocycles. The summed E-state index contributed by atoms with van der Waals surface area (Å²) in [6.45, 7) is 6.92. The zero-order valence-electron chi connectivity index (χ0n) is 38.2. The lowest BCUT2D eigenvalue weighted by atomic mass is 9.91. The number of nitrogens with one attached hydrogen (secondary N) is 2. The highest BCUT2D eigenvalue weighted by Gasteiger charge is 2.32. The molecule has 1 aliphatic heterocycles. The van der Waals surface area contributed by atoms with Crippen LogP contribution in [0.1, 0.15) is 46.3 Å². The predicted octanol–water partition coefficient (Wildman–Crippen LogP) is 13.4. The van der Waals surface area contributed by atoms with Crippen molar-refractivity contribution in [2.45, 2.75) is 32.9 Å². The van der Waals surface area contributed by atoms with E-state index < -0.39 is 0 Å². The van der Waals surface area contributed by atoms with Crippen LogP contribution in [0.2, 0.25) is 0 Å². The molecular weight excluding hydrogens is 854 g/mol. The van der Waals surface area contributed by atoms with E-state index in [1.165, 1.54) is 0 Å². The third kappa shape index (κ3) is 8.05. The monoisotopic (exact) mass is 903 g/mol. The lowest BCUT2D eigenvalue weighted by Gasteiger charge is -2.34. The summed E-state index contributed by atoms with van der Waals surface area (Å²) in [6.07, 6.45) is 15.6. The van der Waals surface area contributed by atoms with Crippen LogP contribution in [0.4, 0.5) is 11.4 Å². The molecule has 7 nitrogen and oxygen atoms in total. The van der Waals surface area contributed by atoms with Crippen LogP contribution < -0.4 is 19.6 Å². The first-order chi connectivity index (χ1) is 33.4. The highest BCUT2D eigenvalue weighted by molar-refractivity contribution is 7.18. The number of aromatic nitrogens is 4. The Bertz CT molecular complexity index is 3450. The normalized spacial score (nSPS) is 14.5. The zero-order chi connectivity index (χ0) is 46.1. The van der Waals surface area contributed by atoms with Crippen LogP contribution in [0.5, 0.6) is 5.75 Å². The molecule has 0 amide bonds. The van der Waals surface area contributed by atoms with E-state index in [0.29, 0.717) is 6.61 Å². The van der Waals surface area contributed by atoms with Gasteiger partial charge in [0.1, 0.15) is 30.0 Å². The molecule has 4 aromatic heterocycles. The van der Waals surface area contributed by atoms with Gasteiger partial charge >= 0.3 is 0 Å². The number of aryl methyl sites for hydroxylation is 2. The fourth-order valence-corrected chi connectivity index (χ4v) is 10.1. The Morgan fingerprint density at radius 1 is 0.647 bits per heavy atom. The van der Waals surface area contributed by atoms with E-state index in [9.17, 15) is 0 Å². The average Bonchev–Trinajstić information content (AvgIpc) is 3.76. The maximum absolute atomic E-state index is 6.58. The van der Waals surface area contributed by atoms with Crippen molar-refractivity contribution in [1.29, 1.82) is 0 Å². The second-order valence-electron chi connectivity index (χ2n) is 17.2. The molecular formula is C60H50N5O2P+2. The van der Waals surface area contributed by atoms with Gasteiger partial charge < -0.3 is 14.1 Å². The standard InChI is InChI=1S/C60H48N5O2P/c1-4-48-49(59-51-35-56(43-23-15-8-16-24-43)67-55(51)26-28-62-59)30-45(41-19-11-6-12-20-41)32-52(48)65(60-38(2)63-37-64-39(60)3)53-33-44(40-17-9-5-10-18-40)29-46(34-57(53)68)58-50-31-47(42-21-13-7-14-22-42)36-66-54(50)25-27-61-58/h5-35,37,57H,4,36,68H2,1-3H3/p+2. The van der Waals surface area contributed by atoms with Crippen LogP contribution in [-0.4, -0.2) is 22.2 Å². The Labute approximate surface area is 399 Å². The number of anilines is 2. The third-order valence-corrected chi connectivity index (χ3v) is 13.5. The summed E-state index contributed by atoms with van der Waals surface area (Å²) in [6, 6.07) is 53.0. The Kier molecular flexibility index (Phi) is 11.5. The molecule has 2 atom stereocenters. The molecule has 11 rings (SSSR count). The van der Waals surface area contributed by atoms with Gasteiger partial charge in [-0.05, 0) is 95.7 Å². The minimum Gasteiger partial charge on any atom is -0.488 e. The summed E-state index contributed by atoms with van der Waals surface area (Å²) in [5.41, 5.74) is 19.3. The molecule has 330 valence electrons. The zero-order valence-corrected chi connectivity index (χ0v) is 39.4. The molecule has 0 spiro atoms. The lowest BCUT2D eigenvalue weighted by molar-refractivity contribution is -0.381. The Morgan fingerprint density at radius 3 is 1.97 bits per heavy atom. The Balaban J connectivity index is 1.16. The maximum Gasteiger partial charge on any atom is 0.222 e. The van der Waals surface area contributed by atoms with Gasteiger partial charge in [-0.3, -0.25) is 0 Å². The molecule has 0 saturated carbocycles. The molecule has 2 aliphatic rings. The summed E-state index contributed by atoms with van der Waals surface area (Å²) in [5, 5.41) is 1.01. The number of fused-ring (bicyclic) bond motifs is 2. The van der Waals surface area contributed by atoms with Gasteiger partial charge in [0, 0.05) is 34.6 Å².